The maximum Gasteiger partial charge on any atom is 0.451 e. The molecule has 7 nitrogen and oxygen atoms in total. The first-order valence-corrected chi connectivity index (χ1v) is 8.75. The molecular formula is C16H19F3N6O. The molecule has 2 aliphatic rings. The average molecular weight is 368 g/mol. The summed E-state index contributed by atoms with van der Waals surface area (Å²) in [5.41, 5.74) is 0.297. The molecular weight excluding hydrogens is 349 g/mol. The number of likely N-dealkylation sites (tertiary alicyclic amines) is 1. The van der Waals surface area contributed by atoms with Gasteiger partial charge in [-0.05, 0) is 19.3 Å². The molecule has 1 aliphatic carbocycles. The molecule has 0 bridgehead atoms. The van der Waals surface area contributed by atoms with E-state index in [1.54, 1.807) is 0 Å². The van der Waals surface area contributed by atoms with Crippen molar-refractivity contribution in [3.05, 3.63) is 12.2 Å². The quantitative estimate of drug-likeness (QED) is 0.870. The molecule has 1 saturated heterocycles. The number of aromatic amines is 1. The zero-order valence-corrected chi connectivity index (χ0v) is 14.0. The molecule has 2 fully saturated rings. The number of carbonyl (C=O) groups is 1. The van der Waals surface area contributed by atoms with Crippen LogP contribution in [0.3, 0.4) is 0 Å². The molecule has 0 radical (unpaired) electrons. The molecule has 2 aromatic rings. The van der Waals surface area contributed by atoms with Gasteiger partial charge in [0.05, 0.1) is 6.33 Å². The van der Waals surface area contributed by atoms with Crippen molar-refractivity contribution >= 4 is 22.9 Å². The zero-order valence-electron chi connectivity index (χ0n) is 14.0. The van der Waals surface area contributed by atoms with E-state index in [-0.39, 0.29) is 29.3 Å². The van der Waals surface area contributed by atoms with Gasteiger partial charge >= 0.3 is 6.18 Å². The summed E-state index contributed by atoms with van der Waals surface area (Å²) in [6.07, 6.45) is 1.35. The van der Waals surface area contributed by atoms with Crippen molar-refractivity contribution < 1.29 is 18.0 Å². The molecule has 2 aromatic heterocycles. The van der Waals surface area contributed by atoms with Crippen LogP contribution < -0.4 is 5.32 Å². The van der Waals surface area contributed by atoms with Crippen LogP contribution in [0.15, 0.2) is 6.33 Å². The van der Waals surface area contributed by atoms with Crippen LogP contribution in [0.2, 0.25) is 0 Å². The summed E-state index contributed by atoms with van der Waals surface area (Å²) in [6, 6.07) is -0.150. The molecule has 140 valence electrons. The molecule has 10 heteroatoms. The molecule has 1 unspecified atom stereocenters. The summed E-state index contributed by atoms with van der Waals surface area (Å²) in [6.45, 7) is 1.08. The third-order valence-electron chi connectivity index (χ3n) is 5.08. The summed E-state index contributed by atoms with van der Waals surface area (Å²) < 4.78 is 39.0. The van der Waals surface area contributed by atoms with E-state index in [0.717, 1.165) is 25.7 Å². The van der Waals surface area contributed by atoms with Gasteiger partial charge in [0.1, 0.15) is 5.52 Å². The Morgan fingerprint density at radius 3 is 2.73 bits per heavy atom. The number of hydrogen-bond donors (Lipinski definition) is 2. The van der Waals surface area contributed by atoms with Gasteiger partial charge in [-0.15, -0.1) is 0 Å². The van der Waals surface area contributed by atoms with Gasteiger partial charge in [0.25, 0.3) is 0 Å². The lowest BCUT2D eigenvalue weighted by Gasteiger charge is -2.21. The lowest BCUT2D eigenvalue weighted by molar-refractivity contribution is -0.144. The summed E-state index contributed by atoms with van der Waals surface area (Å²) in [7, 11) is 0. The fourth-order valence-electron chi connectivity index (χ4n) is 3.77. The molecule has 4 rings (SSSR count). The van der Waals surface area contributed by atoms with Crippen LogP contribution in [0.4, 0.5) is 19.0 Å². The minimum Gasteiger partial charge on any atom is -0.364 e. The maximum absolute atomic E-state index is 13.0. The first-order valence-electron chi connectivity index (χ1n) is 8.75. The van der Waals surface area contributed by atoms with Crippen molar-refractivity contribution in [1.82, 2.24) is 24.8 Å². The Bertz CT molecular complexity index is 814. The molecule has 3 heterocycles. The van der Waals surface area contributed by atoms with Crippen molar-refractivity contribution in [3.8, 4) is 0 Å². The van der Waals surface area contributed by atoms with E-state index in [4.69, 9.17) is 0 Å². The van der Waals surface area contributed by atoms with Crippen LogP contribution in [0.1, 0.15) is 37.9 Å². The smallest absolute Gasteiger partial charge is 0.364 e. The number of rotatable bonds is 3. The molecule has 1 amide bonds. The lowest BCUT2D eigenvalue weighted by atomic mass is 10.1. The van der Waals surface area contributed by atoms with Gasteiger partial charge in [0.15, 0.2) is 11.5 Å². The number of anilines is 1. The summed E-state index contributed by atoms with van der Waals surface area (Å²) in [5, 5.41) is 3.04. The van der Waals surface area contributed by atoms with Crippen molar-refractivity contribution in [2.45, 2.75) is 44.3 Å². The van der Waals surface area contributed by atoms with Crippen LogP contribution in [-0.2, 0) is 11.0 Å². The van der Waals surface area contributed by atoms with Crippen LogP contribution in [0, 0.1) is 5.92 Å². The maximum atomic E-state index is 13.0. The normalized spacial score (nSPS) is 21.7. The van der Waals surface area contributed by atoms with E-state index in [1.165, 1.54) is 6.33 Å². The number of imidazole rings is 1. The molecule has 2 N–H and O–H groups in total. The van der Waals surface area contributed by atoms with E-state index in [1.807, 2.05) is 4.90 Å². The second-order valence-electron chi connectivity index (χ2n) is 6.89. The van der Waals surface area contributed by atoms with E-state index in [2.05, 4.69) is 25.3 Å². The van der Waals surface area contributed by atoms with Gasteiger partial charge in [-0.1, -0.05) is 12.8 Å². The summed E-state index contributed by atoms with van der Waals surface area (Å²) in [4.78, 5) is 28.0. The van der Waals surface area contributed by atoms with E-state index >= 15 is 0 Å². The minimum absolute atomic E-state index is 0.0355. The van der Waals surface area contributed by atoms with Gasteiger partial charge in [-0.2, -0.15) is 13.2 Å². The molecule has 1 saturated carbocycles. The SMILES string of the molecule is O=C(C1CCCC1)N1CCC(Nc2nc(C(F)(F)F)nc3nc[nH]c23)C1. The predicted octanol–water partition coefficient (Wildman–Crippen LogP) is 2.57. The Kier molecular flexibility index (Phi) is 4.20. The number of carbonyl (C=O) groups excluding carboxylic acids is 1. The third-order valence-corrected chi connectivity index (χ3v) is 5.08. The Balaban J connectivity index is 1.51. The standard InChI is InChI=1S/C16H19F3N6O/c17-16(18,19)15-23-12-11(20-8-21-12)13(24-15)22-10-5-6-25(7-10)14(26)9-3-1-2-4-9/h8-10H,1-7H2,(H2,20,21,22,23,24). The Labute approximate surface area is 147 Å². The van der Waals surface area contributed by atoms with Gasteiger partial charge in [-0.25, -0.2) is 15.0 Å². The Hall–Kier alpha value is -2.39. The number of fused-ring (bicyclic) bond motifs is 1. The highest BCUT2D eigenvalue weighted by molar-refractivity contribution is 5.83. The monoisotopic (exact) mass is 368 g/mol. The second kappa shape index (κ2) is 6.40. The number of alkyl halides is 3. The van der Waals surface area contributed by atoms with E-state index < -0.39 is 12.0 Å². The number of amides is 1. The predicted molar refractivity (Wildman–Crippen MR) is 87.3 cm³/mol. The summed E-state index contributed by atoms with van der Waals surface area (Å²) in [5.74, 6) is -0.891. The number of halogens is 3. The highest BCUT2D eigenvalue weighted by Gasteiger charge is 2.37. The molecule has 0 aromatic carbocycles. The first kappa shape index (κ1) is 17.0. The topological polar surface area (TPSA) is 86.8 Å². The molecule has 26 heavy (non-hydrogen) atoms. The number of H-pyrrole nitrogens is 1. The van der Waals surface area contributed by atoms with Crippen LogP contribution >= 0.6 is 0 Å². The molecule has 0 spiro atoms. The van der Waals surface area contributed by atoms with Crippen LogP contribution in [-0.4, -0.2) is 49.9 Å². The number of nitrogens with zero attached hydrogens (tertiary/aromatic N) is 4. The van der Waals surface area contributed by atoms with Crippen LogP contribution in [0.25, 0.3) is 11.2 Å². The van der Waals surface area contributed by atoms with Gasteiger partial charge < -0.3 is 15.2 Å². The fraction of sp³-hybridized carbons (Fsp3) is 0.625. The van der Waals surface area contributed by atoms with Gasteiger partial charge in [-0.3, -0.25) is 4.79 Å². The van der Waals surface area contributed by atoms with Crippen molar-refractivity contribution in [3.63, 3.8) is 0 Å². The third kappa shape index (κ3) is 3.19. The average Bonchev–Trinajstić information content (AvgIpc) is 3.34. The number of hydrogen-bond acceptors (Lipinski definition) is 5. The fourth-order valence-corrected chi connectivity index (χ4v) is 3.77. The minimum atomic E-state index is -4.65. The highest BCUT2D eigenvalue weighted by Crippen LogP contribution is 2.31. The van der Waals surface area contributed by atoms with Gasteiger partial charge in [0, 0.05) is 25.0 Å². The number of nitrogens with one attached hydrogen (secondary N) is 2. The Morgan fingerprint density at radius 1 is 1.23 bits per heavy atom. The zero-order chi connectivity index (χ0) is 18.3. The van der Waals surface area contributed by atoms with E-state index in [9.17, 15) is 18.0 Å². The van der Waals surface area contributed by atoms with Crippen molar-refractivity contribution in [2.75, 3.05) is 18.4 Å². The lowest BCUT2D eigenvalue weighted by Crippen LogP contribution is -2.35. The molecule has 1 atom stereocenters. The van der Waals surface area contributed by atoms with Crippen LogP contribution in [0.5, 0.6) is 0 Å². The number of aromatic nitrogens is 4. The highest BCUT2D eigenvalue weighted by atomic mass is 19.4. The summed E-state index contributed by atoms with van der Waals surface area (Å²) >= 11 is 0. The second-order valence-corrected chi connectivity index (χ2v) is 6.89. The first-order chi connectivity index (χ1) is 12.4. The van der Waals surface area contributed by atoms with Crippen molar-refractivity contribution in [2.24, 2.45) is 5.92 Å². The largest absolute Gasteiger partial charge is 0.451 e. The molecule has 1 aliphatic heterocycles. The Morgan fingerprint density at radius 2 is 2.00 bits per heavy atom. The van der Waals surface area contributed by atoms with Crippen molar-refractivity contribution in [1.29, 1.82) is 0 Å². The van der Waals surface area contributed by atoms with Gasteiger partial charge in [0.2, 0.25) is 11.7 Å². The van der Waals surface area contributed by atoms with E-state index in [0.29, 0.717) is 25.0 Å².